The lowest BCUT2D eigenvalue weighted by Crippen LogP contribution is -2.18. The van der Waals surface area contributed by atoms with Gasteiger partial charge in [-0.1, -0.05) is 6.07 Å². The number of carbonyl (C=O) groups is 1. The fourth-order valence-electron chi connectivity index (χ4n) is 1.57. The molecule has 0 saturated heterocycles. The van der Waals surface area contributed by atoms with Crippen LogP contribution in [0.1, 0.15) is 12.5 Å². The minimum absolute atomic E-state index is 0.0606. The van der Waals surface area contributed by atoms with Gasteiger partial charge >= 0.3 is 11.7 Å². The molecule has 1 aromatic rings. The number of hydrogen-bond acceptors (Lipinski definition) is 7. The maximum absolute atomic E-state index is 11.0. The number of carbonyl (C=O) groups excluding carboxylic acids is 1. The van der Waals surface area contributed by atoms with Crippen molar-refractivity contribution in [1.82, 2.24) is 0 Å². The van der Waals surface area contributed by atoms with E-state index in [0.29, 0.717) is 5.56 Å². The summed E-state index contributed by atoms with van der Waals surface area (Å²) in [4.78, 5) is 31.4. The Kier molecular flexibility index (Phi) is 5.58. The van der Waals surface area contributed by atoms with Crippen LogP contribution in [-0.4, -0.2) is 35.6 Å². The van der Waals surface area contributed by atoms with E-state index >= 15 is 0 Å². The molecule has 0 radical (unpaired) electrons. The van der Waals surface area contributed by atoms with Crippen molar-refractivity contribution in [3.8, 4) is 5.75 Å². The highest BCUT2D eigenvalue weighted by Crippen LogP contribution is 2.28. The Morgan fingerprint density at radius 2 is 2.00 bits per heavy atom. The quantitative estimate of drug-likeness (QED) is 0.423. The lowest BCUT2D eigenvalue weighted by atomic mass is 10.1. The molecule has 0 fully saturated rings. The van der Waals surface area contributed by atoms with Gasteiger partial charge in [0.05, 0.1) is 12.0 Å². The molecule has 0 amide bonds. The van der Waals surface area contributed by atoms with Crippen LogP contribution in [0.3, 0.4) is 0 Å². The second-order valence-corrected chi connectivity index (χ2v) is 4.26. The summed E-state index contributed by atoms with van der Waals surface area (Å²) in [6, 6.07) is 3.14. The number of ether oxygens (including phenoxy) is 2. The highest BCUT2D eigenvalue weighted by Gasteiger charge is 2.20. The minimum Gasteiger partial charge on any atom is -0.475 e. The highest BCUT2D eigenvalue weighted by atomic mass is 16.6. The molecule has 0 aliphatic carbocycles. The van der Waals surface area contributed by atoms with Crippen molar-refractivity contribution in [2.75, 3.05) is 13.7 Å². The average molecular weight is 298 g/mol. The molecule has 9 heteroatoms. The lowest BCUT2D eigenvalue weighted by Gasteiger charge is -2.08. The predicted molar refractivity (Wildman–Crippen MR) is 70.8 cm³/mol. The van der Waals surface area contributed by atoms with E-state index in [1.54, 1.807) is 0 Å². The molecule has 0 aromatic heterocycles. The van der Waals surface area contributed by atoms with Crippen LogP contribution in [0.25, 0.3) is 0 Å². The van der Waals surface area contributed by atoms with Crippen molar-refractivity contribution in [2.24, 2.45) is 0 Å². The molecular weight excluding hydrogens is 284 g/mol. The summed E-state index contributed by atoms with van der Waals surface area (Å²) in [5, 5.41) is 21.6. The van der Waals surface area contributed by atoms with Gasteiger partial charge < -0.3 is 9.47 Å². The molecule has 0 aliphatic heterocycles. The Labute approximate surface area is 119 Å². The molecule has 1 aromatic carbocycles. The number of nitro groups is 2. The minimum atomic E-state index is -0.855. The third-order valence-corrected chi connectivity index (χ3v) is 2.68. The summed E-state index contributed by atoms with van der Waals surface area (Å²) < 4.78 is 9.37. The number of nitro benzene ring substituents is 1. The standard InChI is InChI=1S/C12H14N2O7/c1-8(13(16)17)5-9-3-4-11(10(6-9)14(18)19)21-7-12(15)20-2/h3-4,6,8H,5,7H2,1-2H3. The maximum Gasteiger partial charge on any atom is 0.343 e. The van der Waals surface area contributed by atoms with Gasteiger partial charge in [0.2, 0.25) is 6.04 Å². The van der Waals surface area contributed by atoms with E-state index in [0.717, 1.165) is 0 Å². The molecule has 0 aliphatic rings. The largest absolute Gasteiger partial charge is 0.475 e. The van der Waals surface area contributed by atoms with Crippen molar-refractivity contribution in [1.29, 1.82) is 0 Å². The van der Waals surface area contributed by atoms with Gasteiger partial charge in [0.15, 0.2) is 12.4 Å². The molecule has 1 atom stereocenters. The van der Waals surface area contributed by atoms with Crippen LogP contribution in [0, 0.1) is 20.2 Å². The summed E-state index contributed by atoms with van der Waals surface area (Å²) in [7, 11) is 1.17. The molecule has 0 N–H and O–H groups in total. The first-order valence-electron chi connectivity index (χ1n) is 5.95. The van der Waals surface area contributed by atoms with E-state index in [1.807, 2.05) is 0 Å². The average Bonchev–Trinajstić information content (AvgIpc) is 2.44. The van der Waals surface area contributed by atoms with E-state index in [4.69, 9.17) is 4.74 Å². The number of rotatable bonds is 7. The van der Waals surface area contributed by atoms with Crippen molar-refractivity contribution < 1.29 is 24.1 Å². The Hall–Kier alpha value is -2.71. The second-order valence-electron chi connectivity index (χ2n) is 4.26. The molecule has 1 rings (SSSR count). The van der Waals surface area contributed by atoms with Crippen molar-refractivity contribution in [3.63, 3.8) is 0 Å². The summed E-state index contributed by atoms with van der Waals surface area (Å²) in [6.07, 6.45) is 0.0606. The summed E-state index contributed by atoms with van der Waals surface area (Å²) in [5.74, 6) is -0.766. The zero-order chi connectivity index (χ0) is 16.0. The number of hydrogen-bond donors (Lipinski definition) is 0. The van der Waals surface area contributed by atoms with Crippen molar-refractivity contribution in [2.45, 2.75) is 19.4 Å². The first-order chi connectivity index (χ1) is 9.85. The first-order valence-corrected chi connectivity index (χ1v) is 5.95. The molecule has 114 valence electrons. The Bertz CT molecular complexity index is 559. The fraction of sp³-hybridized carbons (Fsp3) is 0.417. The lowest BCUT2D eigenvalue weighted by molar-refractivity contribution is -0.517. The van der Waals surface area contributed by atoms with E-state index in [1.165, 1.54) is 32.2 Å². The van der Waals surface area contributed by atoms with E-state index in [-0.39, 0.29) is 17.9 Å². The number of benzene rings is 1. The number of methoxy groups -OCH3 is 1. The molecule has 9 nitrogen and oxygen atoms in total. The smallest absolute Gasteiger partial charge is 0.343 e. The van der Waals surface area contributed by atoms with Crippen LogP contribution < -0.4 is 4.74 Å². The fourth-order valence-corrected chi connectivity index (χ4v) is 1.57. The van der Waals surface area contributed by atoms with Gasteiger partial charge in [-0.25, -0.2) is 4.79 Å². The monoisotopic (exact) mass is 298 g/mol. The van der Waals surface area contributed by atoms with Crippen molar-refractivity contribution in [3.05, 3.63) is 44.0 Å². The molecule has 1 unspecified atom stereocenters. The first kappa shape index (κ1) is 16.3. The van der Waals surface area contributed by atoms with Crippen LogP contribution in [0.2, 0.25) is 0 Å². The van der Waals surface area contributed by atoms with Gasteiger partial charge in [0, 0.05) is 24.3 Å². The van der Waals surface area contributed by atoms with Crippen molar-refractivity contribution >= 4 is 11.7 Å². The molecule has 0 spiro atoms. The second kappa shape index (κ2) is 7.17. The topological polar surface area (TPSA) is 122 Å². The third kappa shape index (κ3) is 4.71. The van der Waals surface area contributed by atoms with Crippen LogP contribution in [0.4, 0.5) is 5.69 Å². The van der Waals surface area contributed by atoms with Gasteiger partial charge in [-0.3, -0.25) is 20.2 Å². The van der Waals surface area contributed by atoms with Gasteiger partial charge in [0.1, 0.15) is 0 Å². The SMILES string of the molecule is COC(=O)COc1ccc(CC(C)[N+](=O)[O-])cc1[N+](=O)[O-]. The third-order valence-electron chi connectivity index (χ3n) is 2.68. The molecule has 0 bridgehead atoms. The maximum atomic E-state index is 11.0. The Morgan fingerprint density at radius 1 is 1.33 bits per heavy atom. The van der Waals surface area contributed by atoms with E-state index in [9.17, 15) is 25.0 Å². The molecule has 0 heterocycles. The Balaban J connectivity index is 2.94. The zero-order valence-corrected chi connectivity index (χ0v) is 11.5. The zero-order valence-electron chi connectivity index (χ0n) is 11.5. The summed E-state index contributed by atoms with van der Waals surface area (Å²) in [6.45, 7) is 0.954. The molecular formula is C12H14N2O7. The van der Waals surface area contributed by atoms with Crippen LogP contribution in [-0.2, 0) is 16.0 Å². The van der Waals surface area contributed by atoms with Crippen LogP contribution >= 0.6 is 0 Å². The van der Waals surface area contributed by atoms with E-state index < -0.39 is 28.5 Å². The molecule has 0 saturated carbocycles. The van der Waals surface area contributed by atoms with E-state index in [2.05, 4.69) is 4.74 Å². The normalized spacial score (nSPS) is 11.5. The van der Waals surface area contributed by atoms with Crippen LogP contribution in [0.5, 0.6) is 5.75 Å². The summed E-state index contributed by atoms with van der Waals surface area (Å²) in [5.41, 5.74) is 0.0864. The van der Waals surface area contributed by atoms with Gasteiger partial charge in [-0.15, -0.1) is 0 Å². The van der Waals surface area contributed by atoms with Gasteiger partial charge in [-0.2, -0.15) is 0 Å². The Morgan fingerprint density at radius 3 is 2.52 bits per heavy atom. The number of nitrogens with zero attached hydrogens (tertiary/aromatic N) is 2. The van der Waals surface area contributed by atoms with Crippen LogP contribution in [0.15, 0.2) is 18.2 Å². The summed E-state index contributed by atoms with van der Waals surface area (Å²) >= 11 is 0. The van der Waals surface area contributed by atoms with Gasteiger partial charge in [0.25, 0.3) is 0 Å². The molecule has 21 heavy (non-hydrogen) atoms. The number of esters is 1. The predicted octanol–water partition coefficient (Wildman–Crippen LogP) is 1.35. The van der Waals surface area contributed by atoms with Gasteiger partial charge in [-0.05, 0) is 11.6 Å². The highest BCUT2D eigenvalue weighted by molar-refractivity contribution is 5.71.